The monoisotopic (exact) mass is 133 g/mol. The van der Waals surface area contributed by atoms with Crippen LogP contribution in [0, 0.1) is 17.8 Å². The molecule has 0 nitrogen and oxygen atoms in total. The predicted octanol–water partition coefficient (Wildman–Crippen LogP) is 2.73. The van der Waals surface area contributed by atoms with Gasteiger partial charge in [0.05, 0.1) is 0 Å². The molecule has 1 radical (unpaired) electrons. The van der Waals surface area contributed by atoms with Crippen LogP contribution in [0.2, 0.25) is 0 Å². The summed E-state index contributed by atoms with van der Waals surface area (Å²) in [6, 6.07) is 0. The average molecular weight is 133 g/mol. The molecule has 2 atom stereocenters. The fourth-order valence-electron chi connectivity index (χ4n) is 2.06. The Kier molecular flexibility index (Phi) is 1.40. The molecule has 2 aliphatic carbocycles. The van der Waals surface area contributed by atoms with Crippen LogP contribution in [0.15, 0.2) is 24.3 Å². The molecule has 0 heterocycles. The first kappa shape index (κ1) is 6.21. The van der Waals surface area contributed by atoms with Crippen LogP contribution in [0.3, 0.4) is 0 Å². The minimum Gasteiger partial charge on any atom is -0.0914 e. The summed E-state index contributed by atoms with van der Waals surface area (Å²) in [5.41, 5.74) is 0. The number of hydrogen-bond donors (Lipinski definition) is 0. The lowest BCUT2D eigenvalue weighted by molar-refractivity contribution is 0.556. The number of hydrogen-bond acceptors (Lipinski definition) is 0. The first-order valence-electron chi connectivity index (χ1n) is 4.06. The van der Waals surface area contributed by atoms with Crippen LogP contribution in [0.25, 0.3) is 0 Å². The van der Waals surface area contributed by atoms with Crippen molar-refractivity contribution in [3.8, 4) is 0 Å². The molecule has 0 saturated heterocycles. The molecule has 0 aliphatic heterocycles. The van der Waals surface area contributed by atoms with E-state index in [9.17, 15) is 0 Å². The molecule has 2 rings (SSSR count). The van der Waals surface area contributed by atoms with Crippen LogP contribution in [-0.2, 0) is 0 Å². The molecule has 0 aromatic heterocycles. The summed E-state index contributed by atoms with van der Waals surface area (Å²) < 4.78 is 0. The summed E-state index contributed by atoms with van der Waals surface area (Å²) >= 11 is 0. The molecular weight excluding hydrogens is 120 g/mol. The molecule has 0 aromatic carbocycles. The van der Waals surface area contributed by atoms with Gasteiger partial charge in [0.2, 0.25) is 0 Å². The van der Waals surface area contributed by atoms with E-state index in [1.54, 1.807) is 5.92 Å². The average Bonchev–Trinajstić information content (AvgIpc) is 2.48. The van der Waals surface area contributed by atoms with Gasteiger partial charge in [0.25, 0.3) is 0 Å². The summed E-state index contributed by atoms with van der Waals surface area (Å²) in [5, 5.41) is 0. The molecule has 1 saturated carbocycles. The van der Waals surface area contributed by atoms with Crippen LogP contribution in [0.4, 0.5) is 0 Å². The molecule has 0 heteroatoms. The molecule has 10 heavy (non-hydrogen) atoms. The van der Waals surface area contributed by atoms with Gasteiger partial charge in [-0.2, -0.15) is 0 Å². The van der Waals surface area contributed by atoms with Crippen molar-refractivity contribution in [1.29, 1.82) is 0 Å². The normalized spacial score (nSPS) is 38.5. The summed E-state index contributed by atoms with van der Waals surface area (Å²) in [6.45, 7) is 2.11. The van der Waals surface area contributed by atoms with E-state index in [2.05, 4.69) is 31.2 Å². The fraction of sp³-hybridized carbons (Fsp3) is 0.500. The van der Waals surface area contributed by atoms with Gasteiger partial charge in [-0.3, -0.25) is 0 Å². The molecule has 1 fully saturated rings. The lowest BCUT2D eigenvalue weighted by Crippen LogP contribution is -2.01. The van der Waals surface area contributed by atoms with Crippen LogP contribution < -0.4 is 0 Å². The Hall–Kier alpha value is -0.520. The van der Waals surface area contributed by atoms with Gasteiger partial charge in [-0.15, -0.1) is 0 Å². The third-order valence-electron chi connectivity index (χ3n) is 2.56. The smallest absolute Gasteiger partial charge is 0.00152 e. The summed E-state index contributed by atoms with van der Waals surface area (Å²) in [7, 11) is 0. The molecule has 0 amide bonds. The molecule has 0 N–H and O–H groups in total. The van der Waals surface area contributed by atoms with E-state index in [0.717, 1.165) is 11.8 Å². The summed E-state index contributed by atoms with van der Waals surface area (Å²) in [6.07, 6.45) is 11.9. The van der Waals surface area contributed by atoms with Crippen molar-refractivity contribution in [2.45, 2.75) is 19.8 Å². The Morgan fingerprint density at radius 2 is 2.40 bits per heavy atom. The molecular formula is C10H13. The van der Waals surface area contributed by atoms with E-state index in [1.165, 1.54) is 12.8 Å². The van der Waals surface area contributed by atoms with Gasteiger partial charge >= 0.3 is 0 Å². The van der Waals surface area contributed by atoms with E-state index in [-0.39, 0.29) is 0 Å². The van der Waals surface area contributed by atoms with Crippen LogP contribution >= 0.6 is 0 Å². The topological polar surface area (TPSA) is 0 Å². The zero-order valence-corrected chi connectivity index (χ0v) is 6.38. The Balaban J connectivity index is 2.09. The minimum absolute atomic E-state index is 0.838. The SMILES string of the molecule is CC=CC1C[C]2C=CC1C2. The second-order valence-corrected chi connectivity index (χ2v) is 3.28. The second kappa shape index (κ2) is 2.26. The highest BCUT2D eigenvalue weighted by atomic mass is 14.4. The standard InChI is InChI=1S/C10H13/c1-2-3-9-6-8-4-5-10(9)7-8/h2-5,9-10H,6-7H2,1H3. The molecule has 2 aliphatic rings. The van der Waals surface area contributed by atoms with Gasteiger partial charge in [-0.05, 0) is 37.5 Å². The zero-order valence-electron chi connectivity index (χ0n) is 6.38. The van der Waals surface area contributed by atoms with Gasteiger partial charge < -0.3 is 0 Å². The summed E-state index contributed by atoms with van der Waals surface area (Å²) in [5.74, 6) is 3.35. The lowest BCUT2D eigenvalue weighted by atomic mass is 9.93. The Morgan fingerprint density at radius 1 is 1.50 bits per heavy atom. The molecule has 2 bridgehead atoms. The molecule has 0 aromatic rings. The van der Waals surface area contributed by atoms with E-state index < -0.39 is 0 Å². The summed E-state index contributed by atoms with van der Waals surface area (Å²) in [4.78, 5) is 0. The van der Waals surface area contributed by atoms with Crippen molar-refractivity contribution >= 4 is 0 Å². The van der Waals surface area contributed by atoms with E-state index in [4.69, 9.17) is 0 Å². The third-order valence-corrected chi connectivity index (χ3v) is 2.56. The van der Waals surface area contributed by atoms with Gasteiger partial charge in [-0.25, -0.2) is 0 Å². The van der Waals surface area contributed by atoms with Crippen LogP contribution in [0.5, 0.6) is 0 Å². The van der Waals surface area contributed by atoms with Gasteiger partial charge in [0, 0.05) is 0 Å². The zero-order chi connectivity index (χ0) is 6.97. The second-order valence-electron chi connectivity index (χ2n) is 3.28. The Morgan fingerprint density at radius 3 is 2.90 bits per heavy atom. The lowest BCUT2D eigenvalue weighted by Gasteiger charge is -2.11. The van der Waals surface area contributed by atoms with Crippen LogP contribution in [-0.4, -0.2) is 0 Å². The number of fused-ring (bicyclic) bond motifs is 2. The van der Waals surface area contributed by atoms with Crippen molar-refractivity contribution in [3.05, 3.63) is 30.2 Å². The van der Waals surface area contributed by atoms with Crippen molar-refractivity contribution in [2.24, 2.45) is 11.8 Å². The maximum absolute atomic E-state index is 2.36. The first-order valence-corrected chi connectivity index (χ1v) is 4.06. The Bertz CT molecular complexity index is 176. The van der Waals surface area contributed by atoms with Gasteiger partial charge in [0.15, 0.2) is 0 Å². The predicted molar refractivity (Wildman–Crippen MR) is 43.4 cm³/mol. The highest BCUT2D eigenvalue weighted by Crippen LogP contribution is 2.45. The highest BCUT2D eigenvalue weighted by Gasteiger charge is 2.33. The van der Waals surface area contributed by atoms with Gasteiger partial charge in [-0.1, -0.05) is 24.3 Å². The van der Waals surface area contributed by atoms with Crippen molar-refractivity contribution in [2.75, 3.05) is 0 Å². The number of allylic oxidation sites excluding steroid dienone is 4. The molecule has 53 valence electrons. The maximum Gasteiger partial charge on any atom is -0.00152 e. The van der Waals surface area contributed by atoms with E-state index >= 15 is 0 Å². The third kappa shape index (κ3) is 0.828. The Labute approximate surface area is 62.6 Å². The van der Waals surface area contributed by atoms with Gasteiger partial charge in [0.1, 0.15) is 0 Å². The molecule has 0 spiro atoms. The minimum atomic E-state index is 0.838. The van der Waals surface area contributed by atoms with Crippen LogP contribution in [0.1, 0.15) is 19.8 Å². The van der Waals surface area contributed by atoms with Crippen molar-refractivity contribution in [1.82, 2.24) is 0 Å². The van der Waals surface area contributed by atoms with E-state index in [1.807, 2.05) is 0 Å². The first-order chi connectivity index (χ1) is 4.90. The quantitative estimate of drug-likeness (QED) is 0.482. The highest BCUT2D eigenvalue weighted by molar-refractivity contribution is 5.28. The van der Waals surface area contributed by atoms with Crippen molar-refractivity contribution < 1.29 is 0 Å². The maximum atomic E-state index is 2.36. The largest absolute Gasteiger partial charge is 0.0914 e. The number of rotatable bonds is 1. The van der Waals surface area contributed by atoms with Crippen molar-refractivity contribution in [3.63, 3.8) is 0 Å². The fourth-order valence-corrected chi connectivity index (χ4v) is 2.06. The van der Waals surface area contributed by atoms with E-state index in [0.29, 0.717) is 0 Å². The molecule has 2 unspecified atom stereocenters.